The predicted octanol–water partition coefficient (Wildman–Crippen LogP) is 0.423. The standard InChI is InChI=1S/C7H16O4.2C4H6O2/c1-11-7(5-9,6-10)3-2-4-8;2*1-3(2)4(5)6/h8-10H,2-6H2,1H3;2*1H2,2H3,(H,5,6). The maximum absolute atomic E-state index is 9.60. The fourth-order valence-electron chi connectivity index (χ4n) is 0.841. The van der Waals surface area contributed by atoms with Crippen molar-refractivity contribution in [3.05, 3.63) is 24.3 Å². The quantitative estimate of drug-likeness (QED) is 0.401. The van der Waals surface area contributed by atoms with Crippen molar-refractivity contribution in [2.24, 2.45) is 0 Å². The van der Waals surface area contributed by atoms with Crippen molar-refractivity contribution in [1.29, 1.82) is 0 Å². The second-order valence-electron chi connectivity index (χ2n) is 4.70. The summed E-state index contributed by atoms with van der Waals surface area (Å²) in [6.45, 7) is 8.81. The number of aliphatic hydroxyl groups excluding tert-OH is 3. The van der Waals surface area contributed by atoms with E-state index in [0.29, 0.717) is 12.8 Å². The van der Waals surface area contributed by atoms with Crippen LogP contribution in [-0.2, 0) is 14.3 Å². The number of rotatable bonds is 8. The first-order valence-electron chi connectivity index (χ1n) is 6.68. The van der Waals surface area contributed by atoms with E-state index < -0.39 is 17.5 Å². The van der Waals surface area contributed by atoms with Gasteiger partial charge < -0.3 is 30.3 Å². The summed E-state index contributed by atoms with van der Waals surface area (Å²) in [5, 5.41) is 42.0. The van der Waals surface area contributed by atoms with Gasteiger partial charge in [0.1, 0.15) is 5.60 Å². The Bertz CT molecular complexity index is 315. The Morgan fingerprint density at radius 2 is 1.26 bits per heavy atom. The zero-order valence-electron chi connectivity index (χ0n) is 13.9. The van der Waals surface area contributed by atoms with Crippen LogP contribution < -0.4 is 0 Å². The Hall–Kier alpha value is -1.74. The first-order valence-corrected chi connectivity index (χ1v) is 6.68. The molecule has 0 amide bonds. The molecule has 0 aliphatic carbocycles. The van der Waals surface area contributed by atoms with Gasteiger partial charge in [0.25, 0.3) is 0 Å². The van der Waals surface area contributed by atoms with Gasteiger partial charge in [-0.3, -0.25) is 0 Å². The molecule has 0 rings (SSSR count). The molecule has 0 saturated heterocycles. The molecule has 136 valence electrons. The lowest BCUT2D eigenvalue weighted by molar-refractivity contribution is -0.133. The number of carbonyl (C=O) groups is 2. The van der Waals surface area contributed by atoms with E-state index in [9.17, 15) is 9.59 Å². The number of carboxylic acid groups (broad SMARTS) is 2. The zero-order valence-corrected chi connectivity index (χ0v) is 13.9. The van der Waals surface area contributed by atoms with Crippen LogP contribution in [-0.4, -0.2) is 70.0 Å². The predicted molar refractivity (Wildman–Crippen MR) is 85.1 cm³/mol. The summed E-state index contributed by atoms with van der Waals surface area (Å²) in [4.78, 5) is 19.2. The normalized spacial score (nSPS) is 9.65. The Balaban J connectivity index is -0.000000284. The van der Waals surface area contributed by atoms with Gasteiger partial charge in [0, 0.05) is 24.9 Å². The van der Waals surface area contributed by atoms with Crippen LogP contribution >= 0.6 is 0 Å². The van der Waals surface area contributed by atoms with Crippen LogP contribution in [0.2, 0.25) is 0 Å². The van der Waals surface area contributed by atoms with Crippen LogP contribution in [0.25, 0.3) is 0 Å². The van der Waals surface area contributed by atoms with Gasteiger partial charge in [-0.15, -0.1) is 0 Å². The van der Waals surface area contributed by atoms with Crippen molar-refractivity contribution in [2.75, 3.05) is 26.9 Å². The highest BCUT2D eigenvalue weighted by molar-refractivity contribution is 5.85. The molecule has 0 aromatic rings. The van der Waals surface area contributed by atoms with Crippen molar-refractivity contribution in [1.82, 2.24) is 0 Å². The molecule has 0 bridgehead atoms. The molecule has 0 aliphatic rings. The molecular formula is C15H28O8. The van der Waals surface area contributed by atoms with Gasteiger partial charge in [0.05, 0.1) is 13.2 Å². The van der Waals surface area contributed by atoms with Crippen molar-refractivity contribution >= 4 is 11.9 Å². The fourth-order valence-corrected chi connectivity index (χ4v) is 0.841. The molecule has 0 atom stereocenters. The van der Waals surface area contributed by atoms with E-state index in [0.717, 1.165) is 0 Å². The summed E-state index contributed by atoms with van der Waals surface area (Å²) >= 11 is 0. The molecule has 23 heavy (non-hydrogen) atoms. The minimum absolute atomic E-state index is 0.0467. The molecule has 0 heterocycles. The number of hydrogen-bond acceptors (Lipinski definition) is 6. The van der Waals surface area contributed by atoms with Crippen LogP contribution in [0, 0.1) is 0 Å². The molecule has 0 fully saturated rings. The van der Waals surface area contributed by atoms with E-state index >= 15 is 0 Å². The summed E-state index contributed by atoms with van der Waals surface area (Å²) in [6, 6.07) is 0. The molecule has 8 nitrogen and oxygen atoms in total. The minimum Gasteiger partial charge on any atom is -0.478 e. The van der Waals surface area contributed by atoms with Gasteiger partial charge in [0.15, 0.2) is 0 Å². The summed E-state index contributed by atoms with van der Waals surface area (Å²) < 4.78 is 4.93. The SMILES string of the molecule is C=C(C)C(=O)O.C=C(C)C(=O)O.COC(CO)(CO)CCCO. The van der Waals surface area contributed by atoms with E-state index in [1.54, 1.807) is 0 Å². The fraction of sp³-hybridized carbons (Fsp3) is 0.600. The lowest BCUT2D eigenvalue weighted by Crippen LogP contribution is -2.39. The zero-order chi connectivity index (χ0) is 19.1. The van der Waals surface area contributed by atoms with Crippen molar-refractivity contribution in [3.63, 3.8) is 0 Å². The Morgan fingerprint density at radius 1 is 0.957 bits per heavy atom. The molecule has 0 aliphatic heterocycles. The maximum atomic E-state index is 9.60. The maximum Gasteiger partial charge on any atom is 0.330 e. The molecule has 0 radical (unpaired) electrons. The van der Waals surface area contributed by atoms with E-state index in [-0.39, 0.29) is 31.0 Å². The monoisotopic (exact) mass is 336 g/mol. The summed E-state index contributed by atoms with van der Waals surface area (Å²) in [5.74, 6) is -1.87. The molecule has 0 aromatic heterocycles. The van der Waals surface area contributed by atoms with E-state index in [1.165, 1.54) is 21.0 Å². The van der Waals surface area contributed by atoms with Crippen molar-refractivity contribution in [2.45, 2.75) is 32.3 Å². The molecule has 8 heteroatoms. The first-order chi connectivity index (χ1) is 10.5. The van der Waals surface area contributed by atoms with Crippen LogP contribution in [0.4, 0.5) is 0 Å². The van der Waals surface area contributed by atoms with Gasteiger partial charge in [0.2, 0.25) is 0 Å². The molecule has 5 N–H and O–H groups in total. The number of methoxy groups -OCH3 is 1. The molecular weight excluding hydrogens is 308 g/mol. The summed E-state index contributed by atoms with van der Waals surface area (Å²) in [5.41, 5.74) is -0.520. The molecule has 0 aromatic carbocycles. The third-order valence-electron chi connectivity index (χ3n) is 2.53. The van der Waals surface area contributed by atoms with Gasteiger partial charge in [-0.05, 0) is 26.7 Å². The van der Waals surface area contributed by atoms with E-state index in [2.05, 4.69) is 13.2 Å². The molecule has 0 spiro atoms. The minimum atomic E-state index is -0.935. The molecule has 0 saturated carbocycles. The average molecular weight is 336 g/mol. The van der Waals surface area contributed by atoms with Crippen molar-refractivity contribution < 1.29 is 39.9 Å². The highest BCUT2D eigenvalue weighted by atomic mass is 16.5. The average Bonchev–Trinajstić information content (AvgIpc) is 2.50. The van der Waals surface area contributed by atoms with Gasteiger partial charge in [-0.2, -0.15) is 0 Å². The smallest absolute Gasteiger partial charge is 0.330 e. The van der Waals surface area contributed by atoms with Crippen LogP contribution in [0.3, 0.4) is 0 Å². The van der Waals surface area contributed by atoms with Gasteiger partial charge in [-0.25, -0.2) is 9.59 Å². The largest absolute Gasteiger partial charge is 0.478 e. The van der Waals surface area contributed by atoms with Crippen LogP contribution in [0.5, 0.6) is 0 Å². The number of carboxylic acids is 2. The van der Waals surface area contributed by atoms with Crippen molar-refractivity contribution in [3.8, 4) is 0 Å². The first kappa shape index (κ1) is 26.2. The number of hydrogen-bond donors (Lipinski definition) is 5. The number of aliphatic carboxylic acids is 2. The molecule has 0 unspecified atom stereocenters. The van der Waals surface area contributed by atoms with E-state index in [1.807, 2.05) is 0 Å². The highest BCUT2D eigenvalue weighted by Crippen LogP contribution is 2.15. The highest BCUT2D eigenvalue weighted by Gasteiger charge is 2.27. The third kappa shape index (κ3) is 16.5. The number of ether oxygens (including phenoxy) is 1. The summed E-state index contributed by atoms with van der Waals surface area (Å²) in [7, 11) is 1.43. The van der Waals surface area contributed by atoms with Crippen LogP contribution in [0.15, 0.2) is 24.3 Å². The van der Waals surface area contributed by atoms with Gasteiger partial charge >= 0.3 is 11.9 Å². The Kier molecular flexibility index (Phi) is 17.3. The third-order valence-corrected chi connectivity index (χ3v) is 2.53. The number of aliphatic hydroxyl groups is 3. The lowest BCUT2D eigenvalue weighted by atomic mass is 10.00. The van der Waals surface area contributed by atoms with Crippen LogP contribution in [0.1, 0.15) is 26.7 Å². The van der Waals surface area contributed by atoms with E-state index in [4.69, 9.17) is 30.3 Å². The summed E-state index contributed by atoms with van der Waals surface area (Å²) in [6.07, 6.45) is 0.988. The Labute approximate surface area is 136 Å². The second kappa shape index (κ2) is 15.2. The Morgan fingerprint density at radius 3 is 1.39 bits per heavy atom. The van der Waals surface area contributed by atoms with Gasteiger partial charge in [-0.1, -0.05) is 13.2 Å². The lowest BCUT2D eigenvalue weighted by Gasteiger charge is -2.27. The topological polar surface area (TPSA) is 145 Å². The second-order valence-corrected chi connectivity index (χ2v) is 4.70.